The molecule has 3 fully saturated rings. The first-order chi connectivity index (χ1) is 27.0. The Morgan fingerprint density at radius 3 is 2.39 bits per heavy atom. The van der Waals surface area contributed by atoms with E-state index in [4.69, 9.17) is 9.97 Å². The van der Waals surface area contributed by atoms with Gasteiger partial charge in [0.2, 0.25) is 11.8 Å². The number of piperidine rings is 2. The molecule has 3 atom stereocenters. The number of anilines is 2. The maximum atomic E-state index is 15.2. The highest BCUT2D eigenvalue weighted by molar-refractivity contribution is 6.05. The lowest BCUT2D eigenvalue weighted by molar-refractivity contribution is -0.136. The van der Waals surface area contributed by atoms with Gasteiger partial charge in [-0.1, -0.05) is 24.3 Å². The molecule has 56 heavy (non-hydrogen) atoms. The molecule has 6 heterocycles. The van der Waals surface area contributed by atoms with Crippen LogP contribution in [0.5, 0.6) is 0 Å². The van der Waals surface area contributed by atoms with Crippen LogP contribution in [0.25, 0.3) is 5.57 Å². The predicted octanol–water partition coefficient (Wildman–Crippen LogP) is 5.17. The van der Waals surface area contributed by atoms with E-state index in [1.165, 1.54) is 22.3 Å². The average Bonchev–Trinajstić information content (AvgIpc) is 3.71. The summed E-state index contributed by atoms with van der Waals surface area (Å²) in [6.07, 6.45) is 8.53. The largest absolute Gasteiger partial charge is 0.369 e. The van der Waals surface area contributed by atoms with Gasteiger partial charge in [-0.05, 0) is 105 Å². The van der Waals surface area contributed by atoms with Crippen LogP contribution in [0.4, 0.5) is 15.9 Å². The molecule has 3 aromatic rings. The third-order valence-corrected chi connectivity index (χ3v) is 13.0. The molecule has 5 aliphatic heterocycles. The highest BCUT2D eigenvalue weighted by Crippen LogP contribution is 2.48. The number of imide groups is 1. The number of rotatable bonds is 8. The molecule has 1 unspecified atom stereocenters. The number of nitrogens with one attached hydrogen (secondary N) is 1. The van der Waals surface area contributed by atoms with E-state index in [-0.39, 0.29) is 36.2 Å². The van der Waals surface area contributed by atoms with Crippen LogP contribution >= 0.6 is 0 Å². The summed E-state index contributed by atoms with van der Waals surface area (Å²) in [6.45, 7) is 13.1. The molecule has 0 radical (unpaired) electrons. The number of carbonyl (C=O) groups excluding carboxylic acids is 3. The van der Waals surface area contributed by atoms with Gasteiger partial charge in [0.25, 0.3) is 5.91 Å². The van der Waals surface area contributed by atoms with Crippen LogP contribution in [-0.2, 0) is 22.6 Å². The Kier molecular flexibility index (Phi) is 9.68. The zero-order valence-electron chi connectivity index (χ0n) is 32.8. The first kappa shape index (κ1) is 36.9. The molecule has 0 bridgehead atoms. The van der Waals surface area contributed by atoms with Gasteiger partial charge in [0, 0.05) is 82.6 Å². The fourth-order valence-electron chi connectivity index (χ4n) is 10.1. The lowest BCUT2D eigenvalue weighted by Crippen LogP contribution is -2.52. The normalized spacial score (nSPS) is 25.1. The fourth-order valence-corrected chi connectivity index (χ4v) is 10.1. The van der Waals surface area contributed by atoms with Crippen LogP contribution in [0, 0.1) is 5.92 Å². The number of piperazine rings is 1. The Morgan fingerprint density at radius 1 is 0.875 bits per heavy atom. The highest BCUT2D eigenvalue weighted by atomic mass is 19.1. The van der Waals surface area contributed by atoms with Crippen LogP contribution in [-0.4, -0.2) is 112 Å². The molecule has 0 spiro atoms. The van der Waals surface area contributed by atoms with E-state index in [0.29, 0.717) is 31.0 Å². The van der Waals surface area contributed by atoms with Gasteiger partial charge >= 0.3 is 0 Å². The van der Waals surface area contributed by atoms with Gasteiger partial charge < -0.3 is 14.7 Å². The van der Waals surface area contributed by atoms with E-state index in [2.05, 4.69) is 62.2 Å². The van der Waals surface area contributed by atoms with Gasteiger partial charge in [0.15, 0.2) is 0 Å². The van der Waals surface area contributed by atoms with Gasteiger partial charge in [0.1, 0.15) is 17.5 Å². The number of carbonyl (C=O) groups is 3. The molecular weight excluding hydrogens is 708 g/mol. The maximum Gasteiger partial charge on any atom is 0.255 e. The van der Waals surface area contributed by atoms with Gasteiger partial charge in [-0.25, -0.2) is 9.37 Å². The summed E-state index contributed by atoms with van der Waals surface area (Å²) < 4.78 is 15.2. The molecule has 2 aromatic carbocycles. The number of hydrogen-bond donors (Lipinski definition) is 1. The van der Waals surface area contributed by atoms with Gasteiger partial charge in [0.05, 0.1) is 24.1 Å². The average molecular weight is 761 g/mol. The molecule has 12 heteroatoms. The minimum absolute atomic E-state index is 0.0915. The number of amides is 3. The molecule has 6 aliphatic rings. The van der Waals surface area contributed by atoms with E-state index in [9.17, 15) is 14.4 Å². The number of aromatic nitrogens is 2. The molecule has 294 valence electrons. The Balaban J connectivity index is 0.785. The number of halogens is 1. The minimum atomic E-state index is -1.32. The van der Waals surface area contributed by atoms with Crippen molar-refractivity contribution in [2.24, 2.45) is 5.92 Å². The summed E-state index contributed by atoms with van der Waals surface area (Å²) in [5, 5.41) is 2.38. The second kappa shape index (κ2) is 14.7. The highest BCUT2D eigenvalue weighted by Gasteiger charge is 2.42. The van der Waals surface area contributed by atoms with Crippen molar-refractivity contribution in [1.82, 2.24) is 30.0 Å². The van der Waals surface area contributed by atoms with Crippen molar-refractivity contribution in [2.45, 2.75) is 89.6 Å². The van der Waals surface area contributed by atoms with E-state index < -0.39 is 11.7 Å². The fraction of sp³-hybridized carbons (Fsp3) is 0.523. The van der Waals surface area contributed by atoms with Crippen molar-refractivity contribution in [1.29, 1.82) is 0 Å². The van der Waals surface area contributed by atoms with Crippen LogP contribution in [0.1, 0.15) is 91.7 Å². The quantitative estimate of drug-likeness (QED) is 0.312. The third-order valence-electron chi connectivity index (χ3n) is 13.0. The second-order valence-corrected chi connectivity index (χ2v) is 17.4. The summed E-state index contributed by atoms with van der Waals surface area (Å²) in [5.74, 6) is 0.765. The second-order valence-electron chi connectivity index (χ2n) is 17.4. The van der Waals surface area contributed by atoms with Crippen molar-refractivity contribution in [2.75, 3.05) is 62.2 Å². The van der Waals surface area contributed by atoms with Crippen molar-refractivity contribution in [3.8, 4) is 0 Å². The van der Waals surface area contributed by atoms with E-state index in [1.807, 2.05) is 24.5 Å². The third kappa shape index (κ3) is 7.10. The number of fused-ring (bicyclic) bond motifs is 3. The van der Waals surface area contributed by atoms with Gasteiger partial charge in [-0.3, -0.25) is 34.5 Å². The molecule has 3 amide bonds. The van der Waals surface area contributed by atoms with Gasteiger partial charge in [-0.2, -0.15) is 0 Å². The molecule has 1 aliphatic carbocycles. The Bertz CT molecular complexity index is 2050. The Morgan fingerprint density at radius 2 is 1.66 bits per heavy atom. The molecule has 11 nitrogen and oxygen atoms in total. The summed E-state index contributed by atoms with van der Waals surface area (Å²) in [5.41, 5.74) is 7.74. The monoisotopic (exact) mass is 760 g/mol. The summed E-state index contributed by atoms with van der Waals surface area (Å²) in [4.78, 5) is 58.6. The van der Waals surface area contributed by atoms with E-state index in [1.54, 1.807) is 18.7 Å². The van der Waals surface area contributed by atoms with Crippen molar-refractivity contribution >= 4 is 34.8 Å². The van der Waals surface area contributed by atoms with Crippen LogP contribution in [0.3, 0.4) is 0 Å². The van der Waals surface area contributed by atoms with Gasteiger partial charge in [-0.15, -0.1) is 0 Å². The van der Waals surface area contributed by atoms with Crippen LogP contribution < -0.4 is 15.1 Å². The molecule has 1 aromatic heterocycles. The topological polar surface area (TPSA) is 105 Å². The summed E-state index contributed by atoms with van der Waals surface area (Å²) in [6, 6.07) is 14.2. The zero-order valence-corrected chi connectivity index (χ0v) is 32.8. The predicted molar refractivity (Wildman–Crippen MR) is 214 cm³/mol. The number of alkyl halides is 1. The smallest absolute Gasteiger partial charge is 0.255 e. The molecule has 1 N–H and O–H groups in total. The van der Waals surface area contributed by atoms with Crippen LogP contribution in [0.15, 0.2) is 60.4 Å². The summed E-state index contributed by atoms with van der Waals surface area (Å²) in [7, 11) is 0. The van der Waals surface area contributed by atoms with Crippen molar-refractivity contribution < 1.29 is 18.8 Å². The molecule has 9 rings (SSSR count). The number of benzene rings is 2. The molecular formula is C44H53FN8O3. The SMILES string of the molecule is C[C@@H]1CC2=C(Cc3ccccc32)[C@@H](c2cnc(N3CCC(CN4CCN(c5ccc6c(c5)CN(C5CCC(=O)NC5=O)C6=O)CC4)CC3)cn2)N1CC(C)(C)F. The lowest BCUT2D eigenvalue weighted by Gasteiger charge is -2.43. The number of nitrogens with zero attached hydrogens (tertiary/aromatic N) is 7. The first-order valence-electron chi connectivity index (χ1n) is 20.6. The first-order valence-corrected chi connectivity index (χ1v) is 20.6. The maximum absolute atomic E-state index is 15.2. The van der Waals surface area contributed by atoms with Crippen LogP contribution in [0.2, 0.25) is 0 Å². The number of hydrogen-bond acceptors (Lipinski definition) is 9. The van der Waals surface area contributed by atoms with E-state index in [0.717, 1.165) is 94.3 Å². The molecule has 3 saturated heterocycles. The Hall–Kier alpha value is -4.68. The lowest BCUT2D eigenvalue weighted by atomic mass is 9.86. The zero-order chi connectivity index (χ0) is 38.7. The summed E-state index contributed by atoms with van der Waals surface area (Å²) >= 11 is 0. The van der Waals surface area contributed by atoms with E-state index >= 15 is 4.39 Å². The minimum Gasteiger partial charge on any atom is -0.369 e. The Labute approximate surface area is 328 Å². The molecule has 0 saturated carbocycles. The van der Waals surface area contributed by atoms with Crippen molar-refractivity contribution in [3.05, 3.63) is 88.4 Å². The van der Waals surface area contributed by atoms with Crippen molar-refractivity contribution in [3.63, 3.8) is 0 Å². The standard InChI is InChI=1S/C44H53FN8O3/c1-28-20-35-33-7-5-4-6-30(33)22-36(35)41(53(28)27-44(2,3)45)37-23-47-39(24-46-37)51-14-12-29(13-15-51)25-49-16-18-50(19-17-49)32-8-9-34-31(21-32)26-52(43(34)56)38-10-11-40(54)48-42(38)55/h4-9,21,23-24,28-29,38,41H,10-20,22,25-27H2,1-3H3,(H,48,54,55)/t28-,38?,41+/m1/s1.